The molecule has 1 aromatic carbocycles. The predicted octanol–water partition coefficient (Wildman–Crippen LogP) is 3.26. The van der Waals surface area contributed by atoms with E-state index in [1.807, 2.05) is 19.9 Å². The fourth-order valence-electron chi connectivity index (χ4n) is 1.60. The van der Waals surface area contributed by atoms with E-state index in [0.717, 1.165) is 18.5 Å². The molecule has 1 unspecified atom stereocenters. The van der Waals surface area contributed by atoms with Gasteiger partial charge in [-0.2, -0.15) is 0 Å². The summed E-state index contributed by atoms with van der Waals surface area (Å²) in [6, 6.07) is 5.86. The Bertz CT molecular complexity index is 376. The average molecular weight is 237 g/mol. The zero-order valence-electron chi connectivity index (χ0n) is 10.5. The molecule has 0 spiro atoms. The molecule has 1 aromatic rings. The van der Waals surface area contributed by atoms with E-state index in [-0.39, 0.29) is 11.9 Å². The van der Waals surface area contributed by atoms with Crippen LogP contribution in [0.1, 0.15) is 38.7 Å². The van der Waals surface area contributed by atoms with Crippen LogP contribution >= 0.6 is 0 Å². The molecule has 1 aliphatic rings. The molecule has 1 saturated carbocycles. The van der Waals surface area contributed by atoms with Crippen molar-refractivity contribution in [2.75, 3.05) is 0 Å². The van der Waals surface area contributed by atoms with Crippen molar-refractivity contribution in [1.29, 1.82) is 0 Å². The molecule has 3 heteroatoms. The van der Waals surface area contributed by atoms with Crippen LogP contribution in [0.15, 0.2) is 18.2 Å². The van der Waals surface area contributed by atoms with Crippen LogP contribution in [0.3, 0.4) is 0 Å². The molecule has 2 rings (SSSR count). The Morgan fingerprint density at radius 1 is 1.47 bits per heavy atom. The maximum atomic E-state index is 13.7. The first-order valence-corrected chi connectivity index (χ1v) is 6.37. The van der Waals surface area contributed by atoms with Gasteiger partial charge in [0.1, 0.15) is 0 Å². The highest BCUT2D eigenvalue weighted by Gasteiger charge is 2.20. The Morgan fingerprint density at radius 3 is 2.82 bits per heavy atom. The first kappa shape index (κ1) is 12.4. The maximum Gasteiger partial charge on any atom is 0.165 e. The molecule has 0 bridgehead atoms. The quantitative estimate of drug-likeness (QED) is 0.820. The smallest absolute Gasteiger partial charge is 0.165 e. The summed E-state index contributed by atoms with van der Waals surface area (Å²) in [5, 5.41) is 3.36. The van der Waals surface area contributed by atoms with Gasteiger partial charge >= 0.3 is 0 Å². The summed E-state index contributed by atoms with van der Waals surface area (Å²) < 4.78 is 19.2. The van der Waals surface area contributed by atoms with Crippen molar-refractivity contribution in [3.63, 3.8) is 0 Å². The lowest BCUT2D eigenvalue weighted by molar-refractivity contribution is 0.207. The van der Waals surface area contributed by atoms with Crippen molar-refractivity contribution in [1.82, 2.24) is 5.32 Å². The first-order valence-electron chi connectivity index (χ1n) is 6.37. The van der Waals surface area contributed by atoms with E-state index in [0.29, 0.717) is 11.8 Å². The Kier molecular flexibility index (Phi) is 4.00. The molecule has 0 aliphatic heterocycles. The van der Waals surface area contributed by atoms with E-state index in [9.17, 15) is 4.39 Å². The Hall–Kier alpha value is -1.09. The molecule has 1 fully saturated rings. The van der Waals surface area contributed by atoms with Gasteiger partial charge in [-0.1, -0.05) is 13.0 Å². The van der Waals surface area contributed by atoms with E-state index in [4.69, 9.17) is 4.74 Å². The minimum Gasteiger partial charge on any atom is -0.488 e. The third-order valence-corrected chi connectivity index (χ3v) is 3.07. The monoisotopic (exact) mass is 237 g/mol. The van der Waals surface area contributed by atoms with Gasteiger partial charge in [-0.3, -0.25) is 0 Å². The number of ether oxygens (including phenoxy) is 1. The van der Waals surface area contributed by atoms with Gasteiger partial charge in [0, 0.05) is 12.6 Å². The number of hydrogen-bond acceptors (Lipinski definition) is 2. The van der Waals surface area contributed by atoms with Gasteiger partial charge in [-0.15, -0.1) is 0 Å². The molecule has 94 valence electrons. The van der Waals surface area contributed by atoms with E-state index >= 15 is 0 Å². The zero-order valence-corrected chi connectivity index (χ0v) is 10.5. The van der Waals surface area contributed by atoms with Crippen LogP contribution in [0, 0.1) is 5.82 Å². The second-order valence-electron chi connectivity index (χ2n) is 4.76. The number of nitrogens with one attached hydrogen (secondary N) is 1. The van der Waals surface area contributed by atoms with Gasteiger partial charge in [0.2, 0.25) is 0 Å². The van der Waals surface area contributed by atoms with E-state index < -0.39 is 0 Å². The minimum absolute atomic E-state index is 0.0555. The van der Waals surface area contributed by atoms with E-state index in [1.165, 1.54) is 12.8 Å². The van der Waals surface area contributed by atoms with Crippen molar-refractivity contribution in [2.24, 2.45) is 0 Å². The predicted molar refractivity (Wildman–Crippen MR) is 66.6 cm³/mol. The second-order valence-corrected chi connectivity index (χ2v) is 4.76. The lowest BCUT2D eigenvalue weighted by Gasteiger charge is -2.14. The second kappa shape index (κ2) is 5.50. The summed E-state index contributed by atoms with van der Waals surface area (Å²) >= 11 is 0. The number of benzene rings is 1. The fourth-order valence-corrected chi connectivity index (χ4v) is 1.60. The lowest BCUT2D eigenvalue weighted by atomic mass is 10.2. The largest absolute Gasteiger partial charge is 0.488 e. The summed E-state index contributed by atoms with van der Waals surface area (Å²) in [7, 11) is 0. The number of hydrogen-bond donors (Lipinski definition) is 1. The van der Waals surface area contributed by atoms with Crippen LogP contribution in [-0.2, 0) is 6.54 Å². The normalized spacial score (nSPS) is 16.9. The van der Waals surface area contributed by atoms with Crippen LogP contribution in [0.2, 0.25) is 0 Å². The molecule has 1 N–H and O–H groups in total. The van der Waals surface area contributed by atoms with Gasteiger partial charge in [0.25, 0.3) is 0 Å². The lowest BCUT2D eigenvalue weighted by Crippen LogP contribution is -2.15. The highest BCUT2D eigenvalue weighted by molar-refractivity contribution is 5.29. The highest BCUT2D eigenvalue weighted by Crippen LogP contribution is 2.22. The SMILES string of the molecule is CCC(C)Oc1ccc(CNC2CC2)cc1F. The molecule has 0 saturated heterocycles. The summed E-state index contributed by atoms with van der Waals surface area (Å²) in [5.74, 6) is 0.0925. The van der Waals surface area contributed by atoms with Crippen LogP contribution in [0.5, 0.6) is 5.75 Å². The summed E-state index contributed by atoms with van der Waals surface area (Å²) in [5.41, 5.74) is 0.978. The third kappa shape index (κ3) is 3.70. The van der Waals surface area contributed by atoms with Crippen LogP contribution in [-0.4, -0.2) is 12.1 Å². The molecular formula is C14H20FNO. The molecule has 1 atom stereocenters. The number of halogens is 1. The van der Waals surface area contributed by atoms with Crippen molar-refractivity contribution in [3.8, 4) is 5.75 Å². The van der Waals surface area contributed by atoms with Gasteiger partial charge in [-0.05, 0) is 43.9 Å². The van der Waals surface area contributed by atoms with Gasteiger partial charge < -0.3 is 10.1 Å². The van der Waals surface area contributed by atoms with Crippen molar-refractivity contribution in [3.05, 3.63) is 29.6 Å². The number of rotatable bonds is 6. The highest BCUT2D eigenvalue weighted by atomic mass is 19.1. The zero-order chi connectivity index (χ0) is 12.3. The molecule has 17 heavy (non-hydrogen) atoms. The fraction of sp³-hybridized carbons (Fsp3) is 0.571. The van der Waals surface area contributed by atoms with Crippen LogP contribution in [0.4, 0.5) is 4.39 Å². The Labute approximate surface area is 102 Å². The molecule has 1 aliphatic carbocycles. The van der Waals surface area contributed by atoms with E-state index in [1.54, 1.807) is 12.1 Å². The molecule has 0 heterocycles. The topological polar surface area (TPSA) is 21.3 Å². The van der Waals surface area contributed by atoms with E-state index in [2.05, 4.69) is 5.32 Å². The van der Waals surface area contributed by atoms with Crippen LogP contribution in [0.25, 0.3) is 0 Å². The standard InChI is InChI=1S/C14H20FNO/c1-3-10(2)17-14-7-4-11(8-13(14)15)9-16-12-5-6-12/h4,7-8,10,12,16H,3,5-6,9H2,1-2H3. The molecule has 0 amide bonds. The maximum absolute atomic E-state index is 13.7. The minimum atomic E-state index is -0.264. The van der Waals surface area contributed by atoms with Crippen molar-refractivity contribution >= 4 is 0 Å². The molecule has 2 nitrogen and oxygen atoms in total. The van der Waals surface area contributed by atoms with Crippen molar-refractivity contribution in [2.45, 2.75) is 51.8 Å². The summed E-state index contributed by atoms with van der Waals surface area (Å²) in [6.45, 7) is 4.71. The summed E-state index contributed by atoms with van der Waals surface area (Å²) in [4.78, 5) is 0. The Balaban J connectivity index is 1.94. The molecule has 0 aromatic heterocycles. The van der Waals surface area contributed by atoms with Gasteiger partial charge in [0.15, 0.2) is 11.6 Å². The third-order valence-electron chi connectivity index (χ3n) is 3.07. The first-order chi connectivity index (χ1) is 8.19. The van der Waals surface area contributed by atoms with Gasteiger partial charge in [-0.25, -0.2) is 4.39 Å². The van der Waals surface area contributed by atoms with Crippen molar-refractivity contribution < 1.29 is 9.13 Å². The van der Waals surface area contributed by atoms with Crippen LogP contribution < -0.4 is 10.1 Å². The Morgan fingerprint density at radius 2 is 2.24 bits per heavy atom. The average Bonchev–Trinajstić information content (AvgIpc) is 3.13. The summed E-state index contributed by atoms with van der Waals surface area (Å²) in [6.07, 6.45) is 3.43. The van der Waals surface area contributed by atoms with Gasteiger partial charge in [0.05, 0.1) is 6.10 Å². The molecule has 0 radical (unpaired) electrons. The molecular weight excluding hydrogens is 217 g/mol.